The predicted octanol–water partition coefficient (Wildman–Crippen LogP) is 2.15. The first-order chi connectivity index (χ1) is 10.3. The zero-order chi connectivity index (χ0) is 14.5. The average molecular weight is 283 g/mol. The second-order valence-corrected chi connectivity index (χ2v) is 4.17. The number of methoxy groups -OCH3 is 1. The lowest BCUT2D eigenvalue weighted by Gasteiger charge is -2.03. The van der Waals surface area contributed by atoms with Crippen LogP contribution in [0.2, 0.25) is 0 Å². The smallest absolute Gasteiger partial charge is 0.247 e. The normalized spacial score (nSPS) is 10.3. The molecule has 0 saturated heterocycles. The van der Waals surface area contributed by atoms with Gasteiger partial charge < -0.3 is 14.5 Å². The van der Waals surface area contributed by atoms with Crippen LogP contribution in [0.15, 0.2) is 47.1 Å². The molecule has 7 heteroatoms. The molecule has 0 amide bonds. The molecule has 0 fully saturated rings. The summed E-state index contributed by atoms with van der Waals surface area (Å²) in [5.41, 5.74) is 0.889. The number of hydrogen-bond acceptors (Lipinski definition) is 7. The minimum absolute atomic E-state index is 0.375. The first-order valence-electron chi connectivity index (χ1n) is 6.33. The van der Waals surface area contributed by atoms with Crippen molar-refractivity contribution in [2.45, 2.75) is 6.54 Å². The lowest BCUT2D eigenvalue weighted by molar-refractivity contribution is 0.397. The Kier molecular flexibility index (Phi) is 3.72. The van der Waals surface area contributed by atoms with Crippen molar-refractivity contribution in [1.82, 2.24) is 20.2 Å². The fraction of sp³-hybridized carbons (Fsp3) is 0.143. The van der Waals surface area contributed by atoms with Gasteiger partial charge in [-0.2, -0.15) is 0 Å². The van der Waals surface area contributed by atoms with E-state index in [0.29, 0.717) is 30.0 Å². The van der Waals surface area contributed by atoms with Crippen molar-refractivity contribution in [3.63, 3.8) is 0 Å². The standard InChI is InChI=1S/C14H13N5O2/c1-20-12-7-11(16-9-17-12)15-8-13-18-19-14(21-13)10-5-3-2-4-6-10/h2-7,9H,8H2,1H3,(H,15,16,17). The molecule has 7 nitrogen and oxygen atoms in total. The van der Waals surface area contributed by atoms with Gasteiger partial charge in [0.2, 0.25) is 17.7 Å². The minimum atomic E-state index is 0.375. The number of benzene rings is 1. The third kappa shape index (κ3) is 3.14. The van der Waals surface area contributed by atoms with Gasteiger partial charge in [-0.15, -0.1) is 10.2 Å². The van der Waals surface area contributed by atoms with Gasteiger partial charge in [-0.25, -0.2) is 9.97 Å². The van der Waals surface area contributed by atoms with Crippen LogP contribution in [0.25, 0.3) is 11.5 Å². The summed E-state index contributed by atoms with van der Waals surface area (Å²) < 4.78 is 10.6. The zero-order valence-corrected chi connectivity index (χ0v) is 11.4. The van der Waals surface area contributed by atoms with Gasteiger partial charge in [0.1, 0.15) is 12.1 Å². The van der Waals surface area contributed by atoms with Crippen molar-refractivity contribution in [2.75, 3.05) is 12.4 Å². The predicted molar refractivity (Wildman–Crippen MR) is 75.6 cm³/mol. The van der Waals surface area contributed by atoms with Gasteiger partial charge in [0.25, 0.3) is 0 Å². The Morgan fingerprint density at radius 1 is 1.14 bits per heavy atom. The summed E-state index contributed by atoms with van der Waals surface area (Å²) in [5, 5.41) is 11.1. The van der Waals surface area contributed by atoms with Crippen LogP contribution < -0.4 is 10.1 Å². The Hall–Kier alpha value is -2.96. The van der Waals surface area contributed by atoms with Gasteiger partial charge in [0.15, 0.2) is 0 Å². The highest BCUT2D eigenvalue weighted by Crippen LogP contribution is 2.17. The number of hydrogen-bond donors (Lipinski definition) is 1. The number of aromatic nitrogens is 4. The monoisotopic (exact) mass is 283 g/mol. The highest BCUT2D eigenvalue weighted by atomic mass is 16.5. The first-order valence-corrected chi connectivity index (χ1v) is 6.33. The van der Waals surface area contributed by atoms with E-state index in [4.69, 9.17) is 9.15 Å². The third-order valence-electron chi connectivity index (χ3n) is 2.76. The van der Waals surface area contributed by atoms with Crippen molar-refractivity contribution in [3.05, 3.63) is 48.6 Å². The first kappa shape index (κ1) is 13.0. The van der Waals surface area contributed by atoms with Gasteiger partial charge in [-0.1, -0.05) is 18.2 Å². The van der Waals surface area contributed by atoms with E-state index in [1.807, 2.05) is 30.3 Å². The Labute approximate surface area is 121 Å². The van der Waals surface area contributed by atoms with E-state index in [9.17, 15) is 0 Å². The SMILES string of the molecule is COc1cc(NCc2nnc(-c3ccccc3)o2)ncn1. The molecule has 0 saturated carbocycles. The Morgan fingerprint density at radius 3 is 2.81 bits per heavy atom. The maximum atomic E-state index is 5.59. The van der Waals surface area contributed by atoms with Crippen molar-refractivity contribution in [3.8, 4) is 17.3 Å². The van der Waals surface area contributed by atoms with Crippen LogP contribution >= 0.6 is 0 Å². The molecule has 0 aliphatic heterocycles. The number of nitrogens with zero attached hydrogens (tertiary/aromatic N) is 4. The van der Waals surface area contributed by atoms with Gasteiger partial charge in [0, 0.05) is 11.6 Å². The Morgan fingerprint density at radius 2 is 2.00 bits per heavy atom. The molecule has 0 unspecified atom stereocenters. The second kappa shape index (κ2) is 6.00. The highest BCUT2D eigenvalue weighted by molar-refractivity contribution is 5.51. The zero-order valence-electron chi connectivity index (χ0n) is 11.4. The summed E-state index contributed by atoms with van der Waals surface area (Å²) in [6.45, 7) is 0.375. The number of anilines is 1. The maximum absolute atomic E-state index is 5.59. The van der Waals surface area contributed by atoms with Crippen LogP contribution in [0.5, 0.6) is 5.88 Å². The van der Waals surface area contributed by atoms with Crippen LogP contribution in [-0.2, 0) is 6.54 Å². The van der Waals surface area contributed by atoms with Crippen LogP contribution in [0, 0.1) is 0 Å². The molecule has 3 rings (SSSR count). The average Bonchev–Trinajstić information content (AvgIpc) is 3.03. The molecule has 106 valence electrons. The Balaban J connectivity index is 1.67. The highest BCUT2D eigenvalue weighted by Gasteiger charge is 2.08. The summed E-state index contributed by atoms with van der Waals surface area (Å²) in [4.78, 5) is 8.01. The molecule has 1 N–H and O–H groups in total. The minimum Gasteiger partial charge on any atom is -0.481 e. The molecule has 3 aromatic rings. The molecule has 21 heavy (non-hydrogen) atoms. The van der Waals surface area contributed by atoms with Crippen LogP contribution in [0.4, 0.5) is 5.82 Å². The molecule has 0 atom stereocenters. The molecule has 2 heterocycles. The molecular weight excluding hydrogens is 270 g/mol. The van der Waals surface area contributed by atoms with E-state index in [1.165, 1.54) is 6.33 Å². The van der Waals surface area contributed by atoms with Crippen molar-refractivity contribution in [2.24, 2.45) is 0 Å². The molecule has 1 aromatic carbocycles. The molecule has 0 spiro atoms. The van der Waals surface area contributed by atoms with Gasteiger partial charge in [0.05, 0.1) is 13.7 Å². The summed E-state index contributed by atoms with van der Waals surface area (Å²) in [6.07, 6.45) is 1.42. The third-order valence-corrected chi connectivity index (χ3v) is 2.76. The molecule has 2 aromatic heterocycles. The van der Waals surface area contributed by atoms with Crippen molar-refractivity contribution < 1.29 is 9.15 Å². The largest absolute Gasteiger partial charge is 0.481 e. The fourth-order valence-corrected chi connectivity index (χ4v) is 1.74. The lowest BCUT2D eigenvalue weighted by Crippen LogP contribution is -2.02. The molecule has 0 aliphatic carbocycles. The summed E-state index contributed by atoms with van der Waals surface area (Å²) in [5.74, 6) is 2.09. The topological polar surface area (TPSA) is 86.0 Å². The van der Waals surface area contributed by atoms with E-state index in [1.54, 1.807) is 13.2 Å². The van der Waals surface area contributed by atoms with Crippen molar-refractivity contribution in [1.29, 1.82) is 0 Å². The second-order valence-electron chi connectivity index (χ2n) is 4.17. The Bertz CT molecular complexity index is 714. The number of nitrogens with one attached hydrogen (secondary N) is 1. The van der Waals surface area contributed by atoms with Gasteiger partial charge in [-0.05, 0) is 12.1 Å². The van der Waals surface area contributed by atoms with E-state index >= 15 is 0 Å². The van der Waals surface area contributed by atoms with Gasteiger partial charge >= 0.3 is 0 Å². The van der Waals surface area contributed by atoms with Gasteiger partial charge in [-0.3, -0.25) is 0 Å². The van der Waals surface area contributed by atoms with E-state index < -0.39 is 0 Å². The maximum Gasteiger partial charge on any atom is 0.247 e. The summed E-state index contributed by atoms with van der Waals surface area (Å²) in [6, 6.07) is 11.3. The summed E-state index contributed by atoms with van der Waals surface area (Å²) in [7, 11) is 1.55. The van der Waals surface area contributed by atoms with Crippen LogP contribution in [0.1, 0.15) is 5.89 Å². The molecular formula is C14H13N5O2. The molecule has 0 radical (unpaired) electrons. The summed E-state index contributed by atoms with van der Waals surface area (Å²) >= 11 is 0. The van der Waals surface area contributed by atoms with E-state index in [-0.39, 0.29) is 0 Å². The lowest BCUT2D eigenvalue weighted by atomic mass is 10.2. The number of ether oxygens (including phenoxy) is 1. The van der Waals surface area contributed by atoms with Crippen LogP contribution in [-0.4, -0.2) is 27.3 Å². The van der Waals surface area contributed by atoms with E-state index in [0.717, 1.165) is 5.56 Å². The van der Waals surface area contributed by atoms with E-state index in [2.05, 4.69) is 25.5 Å². The van der Waals surface area contributed by atoms with Crippen LogP contribution in [0.3, 0.4) is 0 Å². The molecule has 0 bridgehead atoms. The quantitative estimate of drug-likeness (QED) is 0.767. The molecule has 0 aliphatic rings. The number of rotatable bonds is 5. The van der Waals surface area contributed by atoms with Crippen molar-refractivity contribution >= 4 is 5.82 Å². The fourth-order valence-electron chi connectivity index (χ4n) is 1.74.